The van der Waals surface area contributed by atoms with Crippen molar-refractivity contribution in [2.45, 2.75) is 83.5 Å². The molecule has 0 amide bonds. The lowest BCUT2D eigenvalue weighted by Gasteiger charge is -2.37. The van der Waals surface area contributed by atoms with Gasteiger partial charge in [-0.15, -0.1) is 6.58 Å². The van der Waals surface area contributed by atoms with Gasteiger partial charge in [-0.1, -0.05) is 49.4 Å². The van der Waals surface area contributed by atoms with Crippen LogP contribution in [0.2, 0.25) is 0 Å². The molecule has 35 heavy (non-hydrogen) atoms. The molecule has 0 atom stereocenters. The molecule has 2 aliphatic carbocycles. The Kier molecular flexibility index (Phi) is 8.92. The number of allylic oxidation sites excluding steroid dienone is 3. The van der Waals surface area contributed by atoms with Gasteiger partial charge in [-0.2, -0.15) is 0 Å². The van der Waals surface area contributed by atoms with Crippen molar-refractivity contribution in [1.82, 2.24) is 0 Å². The van der Waals surface area contributed by atoms with Crippen molar-refractivity contribution in [2.75, 3.05) is 0 Å². The fourth-order valence-electron chi connectivity index (χ4n) is 6.32. The number of halogens is 3. The van der Waals surface area contributed by atoms with Gasteiger partial charge in [-0.25, -0.2) is 13.2 Å². The summed E-state index contributed by atoms with van der Waals surface area (Å²) in [5, 5.41) is 0. The maximum Gasteiger partial charge on any atom is 0.166 e. The quantitative estimate of drug-likeness (QED) is 0.260. The Morgan fingerprint density at radius 2 is 1.51 bits per heavy atom. The third-order valence-corrected chi connectivity index (χ3v) is 8.50. The van der Waals surface area contributed by atoms with E-state index in [1.54, 1.807) is 31.2 Å². The van der Waals surface area contributed by atoms with E-state index in [0.29, 0.717) is 17.5 Å². The predicted molar refractivity (Wildman–Crippen MR) is 140 cm³/mol. The van der Waals surface area contributed by atoms with Crippen LogP contribution in [0, 0.1) is 35.2 Å². The SMILES string of the molecule is C=CCCC=CC1CCC(C2CCC(c3ccc(-c4ccc(CC)c(F)c4F)cc3F)CC2)CC1. The monoisotopic (exact) mass is 480 g/mol. The van der Waals surface area contributed by atoms with E-state index < -0.39 is 11.6 Å². The zero-order valence-electron chi connectivity index (χ0n) is 21.0. The second-order valence-electron chi connectivity index (χ2n) is 10.6. The Morgan fingerprint density at radius 3 is 2.14 bits per heavy atom. The van der Waals surface area contributed by atoms with Gasteiger partial charge in [0, 0.05) is 5.56 Å². The Bertz CT molecular complexity index is 1020. The van der Waals surface area contributed by atoms with Crippen LogP contribution in [-0.4, -0.2) is 0 Å². The average molecular weight is 481 g/mol. The van der Waals surface area contributed by atoms with Gasteiger partial charge in [0.1, 0.15) is 5.82 Å². The molecule has 0 aromatic heterocycles. The molecule has 2 aromatic carbocycles. The fourth-order valence-corrected chi connectivity index (χ4v) is 6.32. The van der Waals surface area contributed by atoms with Crippen molar-refractivity contribution < 1.29 is 13.2 Å². The van der Waals surface area contributed by atoms with Crippen molar-refractivity contribution in [3.05, 3.63) is 83.7 Å². The highest BCUT2D eigenvalue weighted by Crippen LogP contribution is 2.45. The molecule has 0 N–H and O–H groups in total. The molecule has 0 bridgehead atoms. The summed E-state index contributed by atoms with van der Waals surface area (Å²) < 4.78 is 43.9. The molecule has 0 heterocycles. The zero-order chi connectivity index (χ0) is 24.8. The maximum absolute atomic E-state index is 15.1. The molecule has 0 radical (unpaired) electrons. The van der Waals surface area contributed by atoms with Crippen LogP contribution in [0.5, 0.6) is 0 Å². The maximum atomic E-state index is 15.1. The third-order valence-electron chi connectivity index (χ3n) is 8.50. The molecule has 2 aromatic rings. The second kappa shape index (κ2) is 12.1. The largest absolute Gasteiger partial charge is 0.207 e. The molecule has 0 nitrogen and oxygen atoms in total. The number of hydrogen-bond acceptors (Lipinski definition) is 0. The molecule has 3 heteroatoms. The molecule has 0 unspecified atom stereocenters. The van der Waals surface area contributed by atoms with Gasteiger partial charge < -0.3 is 0 Å². The summed E-state index contributed by atoms with van der Waals surface area (Å²) in [6.07, 6.45) is 18.9. The molecular formula is C32H39F3. The van der Waals surface area contributed by atoms with E-state index in [0.717, 1.165) is 61.8 Å². The van der Waals surface area contributed by atoms with Crippen molar-refractivity contribution in [3.63, 3.8) is 0 Å². The van der Waals surface area contributed by atoms with E-state index in [9.17, 15) is 8.78 Å². The Hall–Kier alpha value is -2.29. The summed E-state index contributed by atoms with van der Waals surface area (Å²) >= 11 is 0. The van der Waals surface area contributed by atoms with Crippen LogP contribution in [0.4, 0.5) is 13.2 Å². The summed E-state index contributed by atoms with van der Waals surface area (Å²) in [5.74, 6) is 0.502. The van der Waals surface area contributed by atoms with Crippen LogP contribution in [0.1, 0.15) is 88.2 Å². The number of hydrogen-bond donors (Lipinski definition) is 0. The number of unbranched alkanes of at least 4 members (excludes halogenated alkanes) is 1. The van der Waals surface area contributed by atoms with E-state index in [1.165, 1.54) is 31.7 Å². The van der Waals surface area contributed by atoms with Gasteiger partial charge in [-0.05, 0) is 117 Å². The first-order chi connectivity index (χ1) is 17.0. The van der Waals surface area contributed by atoms with Gasteiger partial charge in [0.05, 0.1) is 0 Å². The van der Waals surface area contributed by atoms with Crippen LogP contribution in [0.3, 0.4) is 0 Å². The smallest absolute Gasteiger partial charge is 0.166 e. The summed E-state index contributed by atoms with van der Waals surface area (Å²) in [4.78, 5) is 0. The summed E-state index contributed by atoms with van der Waals surface area (Å²) in [7, 11) is 0. The van der Waals surface area contributed by atoms with Crippen molar-refractivity contribution in [1.29, 1.82) is 0 Å². The Morgan fingerprint density at radius 1 is 0.829 bits per heavy atom. The lowest BCUT2D eigenvalue weighted by Crippen LogP contribution is -2.25. The lowest BCUT2D eigenvalue weighted by atomic mass is 9.68. The molecular weight excluding hydrogens is 441 g/mol. The first-order valence-corrected chi connectivity index (χ1v) is 13.6. The summed E-state index contributed by atoms with van der Waals surface area (Å²) in [5.41, 5.74) is 1.59. The number of rotatable bonds is 8. The van der Waals surface area contributed by atoms with Crippen LogP contribution in [-0.2, 0) is 6.42 Å². The summed E-state index contributed by atoms with van der Waals surface area (Å²) in [6, 6.07) is 8.08. The van der Waals surface area contributed by atoms with Crippen molar-refractivity contribution in [2.24, 2.45) is 17.8 Å². The van der Waals surface area contributed by atoms with Gasteiger partial charge in [0.2, 0.25) is 0 Å². The highest BCUT2D eigenvalue weighted by atomic mass is 19.2. The normalized spacial score (nSPS) is 25.1. The minimum atomic E-state index is -0.890. The Labute approximate surface area is 209 Å². The van der Waals surface area contributed by atoms with E-state index in [1.807, 2.05) is 6.08 Å². The topological polar surface area (TPSA) is 0 Å². The van der Waals surface area contributed by atoms with Crippen molar-refractivity contribution >= 4 is 0 Å². The molecule has 0 aliphatic heterocycles. The molecule has 2 saturated carbocycles. The Balaban J connectivity index is 1.33. The minimum absolute atomic E-state index is 0.125. The van der Waals surface area contributed by atoms with Crippen LogP contribution < -0.4 is 0 Å². The van der Waals surface area contributed by atoms with Gasteiger partial charge in [0.25, 0.3) is 0 Å². The second-order valence-corrected chi connectivity index (χ2v) is 10.6. The standard InChI is InChI=1S/C32H39F3/c1-3-5-6-7-8-22-9-11-24(12-10-22)25-13-15-26(16-14-25)28-19-18-27(21-30(28)33)29-20-17-23(4-2)31(34)32(29)35/h3,7-8,17-22,24-26H,1,4-6,9-16H2,2H3. The molecule has 0 spiro atoms. The van der Waals surface area contributed by atoms with E-state index in [2.05, 4.69) is 18.7 Å². The molecule has 0 saturated heterocycles. The van der Waals surface area contributed by atoms with Gasteiger partial charge >= 0.3 is 0 Å². The van der Waals surface area contributed by atoms with E-state index in [4.69, 9.17) is 0 Å². The first kappa shape index (κ1) is 25.8. The molecule has 2 fully saturated rings. The highest BCUT2D eigenvalue weighted by Gasteiger charge is 2.31. The number of benzene rings is 2. The van der Waals surface area contributed by atoms with Gasteiger partial charge in [-0.3, -0.25) is 0 Å². The van der Waals surface area contributed by atoms with E-state index in [-0.39, 0.29) is 17.3 Å². The molecule has 2 aliphatic rings. The predicted octanol–water partition coefficient (Wildman–Crippen LogP) is 9.94. The minimum Gasteiger partial charge on any atom is -0.207 e. The van der Waals surface area contributed by atoms with Crippen molar-refractivity contribution in [3.8, 4) is 11.1 Å². The molecule has 188 valence electrons. The van der Waals surface area contributed by atoms with E-state index >= 15 is 4.39 Å². The van der Waals surface area contributed by atoms with Crippen LogP contribution in [0.15, 0.2) is 55.1 Å². The summed E-state index contributed by atoms with van der Waals surface area (Å²) in [6.45, 7) is 5.57. The highest BCUT2D eigenvalue weighted by molar-refractivity contribution is 5.65. The fraction of sp³-hybridized carbons (Fsp3) is 0.500. The zero-order valence-corrected chi connectivity index (χ0v) is 21.0. The first-order valence-electron chi connectivity index (χ1n) is 13.6. The lowest BCUT2D eigenvalue weighted by molar-refractivity contribution is 0.171. The number of aryl methyl sites for hydroxylation is 1. The average Bonchev–Trinajstić information content (AvgIpc) is 2.89. The van der Waals surface area contributed by atoms with Crippen LogP contribution in [0.25, 0.3) is 11.1 Å². The van der Waals surface area contributed by atoms with Crippen LogP contribution >= 0.6 is 0 Å². The third kappa shape index (κ3) is 6.11. The molecule has 4 rings (SSSR count). The van der Waals surface area contributed by atoms with Gasteiger partial charge in [0.15, 0.2) is 11.6 Å².